The van der Waals surface area contributed by atoms with Gasteiger partial charge in [-0.25, -0.2) is 0 Å². The molecule has 1 heterocycles. The van der Waals surface area contributed by atoms with E-state index in [0.29, 0.717) is 33.9 Å². The summed E-state index contributed by atoms with van der Waals surface area (Å²) in [5.41, 5.74) is 6.77. The predicted octanol–water partition coefficient (Wildman–Crippen LogP) is 4.83. The molecule has 0 aliphatic carbocycles. The third-order valence-electron chi connectivity index (χ3n) is 6.03. The number of hydrogen-bond donors (Lipinski definition) is 3. The van der Waals surface area contributed by atoms with Gasteiger partial charge >= 0.3 is 0 Å². The lowest BCUT2D eigenvalue weighted by Gasteiger charge is -2.25. The lowest BCUT2D eigenvalue weighted by molar-refractivity contribution is -0.118. The second-order valence-electron chi connectivity index (χ2n) is 9.90. The van der Waals surface area contributed by atoms with E-state index in [0.717, 1.165) is 5.56 Å². The Morgan fingerprint density at radius 1 is 1.02 bits per heavy atom. The van der Waals surface area contributed by atoms with Crippen LogP contribution in [0.15, 0.2) is 30.5 Å². The number of benzene rings is 2. The average molecular weight is 639 g/mol. The number of nitrogens with one attached hydrogen (secondary N) is 1. The quantitative estimate of drug-likeness (QED) is 0.190. The van der Waals surface area contributed by atoms with Crippen molar-refractivity contribution in [3.63, 3.8) is 0 Å². The minimum atomic E-state index is -0.410. The van der Waals surface area contributed by atoms with Crippen LogP contribution in [0.1, 0.15) is 49.5 Å². The number of methoxy groups -OCH3 is 3. The van der Waals surface area contributed by atoms with Gasteiger partial charge in [-0.3, -0.25) is 15.0 Å². The summed E-state index contributed by atoms with van der Waals surface area (Å²) < 4.78 is 23.6. The first-order chi connectivity index (χ1) is 18.4. The van der Waals surface area contributed by atoms with Crippen molar-refractivity contribution < 1.29 is 33.6 Å². The van der Waals surface area contributed by atoms with Crippen molar-refractivity contribution in [3.8, 4) is 39.2 Å². The number of nitrogens with zero attached hydrogens (tertiary/aromatic N) is 1. The highest BCUT2D eigenvalue weighted by molar-refractivity contribution is 8.93. The number of thiazole rings is 1. The molecule has 3 rings (SSSR count). The molecule has 0 bridgehead atoms. The highest BCUT2D eigenvalue weighted by Crippen LogP contribution is 2.42. The van der Waals surface area contributed by atoms with Gasteiger partial charge in [0.1, 0.15) is 0 Å². The molecule has 0 aliphatic rings. The molecule has 0 atom stereocenters. The summed E-state index contributed by atoms with van der Waals surface area (Å²) in [6, 6.07) is 6.73. The van der Waals surface area contributed by atoms with Gasteiger partial charge in [0.05, 0.1) is 39.4 Å². The van der Waals surface area contributed by atoms with Crippen molar-refractivity contribution in [1.29, 1.82) is 5.41 Å². The maximum atomic E-state index is 13.5. The predicted molar refractivity (Wildman–Crippen MR) is 159 cm³/mol. The van der Waals surface area contributed by atoms with Crippen LogP contribution < -0.4 is 29.5 Å². The molecule has 0 saturated carbocycles. The van der Waals surface area contributed by atoms with E-state index in [4.69, 9.17) is 30.1 Å². The number of amides is 1. The highest BCUT2D eigenvalue weighted by atomic mass is 79.9. The van der Waals surface area contributed by atoms with Crippen LogP contribution >= 0.6 is 28.3 Å². The smallest absolute Gasteiger partial charge is 0.217 e. The molecule has 4 N–H and O–H groups in total. The monoisotopic (exact) mass is 637 g/mol. The normalized spacial score (nSPS) is 10.9. The minimum Gasteiger partial charge on any atom is -0.502 e. The molecule has 2 aromatic carbocycles. The Hall–Kier alpha value is -3.51. The van der Waals surface area contributed by atoms with Crippen molar-refractivity contribution in [2.24, 2.45) is 5.73 Å². The van der Waals surface area contributed by atoms with E-state index in [1.165, 1.54) is 25.6 Å². The van der Waals surface area contributed by atoms with Crippen LogP contribution in [0.25, 0.3) is 10.4 Å². The minimum absolute atomic E-state index is 0. The summed E-state index contributed by atoms with van der Waals surface area (Å²) in [6.07, 6.45) is 2.34. The number of rotatable bonds is 12. The van der Waals surface area contributed by atoms with Gasteiger partial charge in [-0.1, -0.05) is 32.1 Å². The third-order valence-corrected chi connectivity index (χ3v) is 7.02. The van der Waals surface area contributed by atoms with E-state index in [1.807, 2.05) is 20.8 Å². The zero-order valence-corrected chi connectivity index (χ0v) is 26.0. The number of aromatic hydroxyl groups is 1. The topological polar surface area (TPSA) is 146 Å². The van der Waals surface area contributed by atoms with Crippen LogP contribution in [0.5, 0.6) is 28.7 Å². The Kier molecular flexibility index (Phi) is 11.2. The van der Waals surface area contributed by atoms with Crippen molar-refractivity contribution in [2.75, 3.05) is 27.9 Å². The number of hydrogen-bond acceptors (Lipinski definition) is 9. The number of nitrogens with two attached hydrogens (primary N) is 1. The maximum Gasteiger partial charge on any atom is 0.217 e. The molecule has 0 saturated heterocycles. The van der Waals surface area contributed by atoms with Crippen LogP contribution in [-0.4, -0.2) is 49.3 Å². The summed E-state index contributed by atoms with van der Waals surface area (Å²) >= 11 is 1.18. The number of primary amides is 1. The van der Waals surface area contributed by atoms with Crippen molar-refractivity contribution in [3.05, 3.63) is 46.4 Å². The Labute approximate surface area is 247 Å². The van der Waals surface area contributed by atoms with Crippen molar-refractivity contribution >= 4 is 40.0 Å². The fourth-order valence-electron chi connectivity index (χ4n) is 3.99. The van der Waals surface area contributed by atoms with Gasteiger partial charge in [-0.2, -0.15) is 0 Å². The van der Waals surface area contributed by atoms with Crippen molar-refractivity contribution in [2.45, 2.75) is 45.6 Å². The molecule has 10 nitrogen and oxygen atoms in total. The number of ether oxygens (including phenoxy) is 4. The zero-order valence-electron chi connectivity index (χ0n) is 23.5. The number of Topliss-reactive ketones (excluding diaryl/α,β-unsaturated/α-hetero) is 1. The number of ketones is 1. The highest BCUT2D eigenvalue weighted by Gasteiger charge is 2.25. The van der Waals surface area contributed by atoms with Gasteiger partial charge < -0.3 is 34.4 Å². The molecule has 12 heteroatoms. The zero-order chi connectivity index (χ0) is 28.9. The van der Waals surface area contributed by atoms with E-state index < -0.39 is 5.91 Å². The Morgan fingerprint density at radius 2 is 1.65 bits per heavy atom. The summed E-state index contributed by atoms with van der Waals surface area (Å²) in [5, 5.41) is 18.7. The van der Waals surface area contributed by atoms with Crippen LogP contribution in [0.2, 0.25) is 0 Å². The molecule has 218 valence electrons. The fourth-order valence-corrected chi connectivity index (χ4v) is 4.85. The summed E-state index contributed by atoms with van der Waals surface area (Å²) in [6.45, 7) is 6.20. The second-order valence-corrected chi connectivity index (χ2v) is 10.9. The SMILES string of the molecule is Br.COc1cc(-c2cn(CC(=O)c3cc(OCCCC(N)=O)c(OC)c(C(C)(C)C)c3)c(=N)s2)cc(OC)c1O. The van der Waals surface area contributed by atoms with Gasteiger partial charge in [-0.15, -0.1) is 17.0 Å². The van der Waals surface area contributed by atoms with Gasteiger partial charge in [0, 0.05) is 29.3 Å². The van der Waals surface area contributed by atoms with E-state index in [-0.39, 0.29) is 69.8 Å². The summed E-state index contributed by atoms with van der Waals surface area (Å²) in [7, 11) is 4.43. The van der Waals surface area contributed by atoms with Gasteiger partial charge in [0.25, 0.3) is 0 Å². The summed E-state index contributed by atoms with van der Waals surface area (Å²) in [5.74, 6) is 0.673. The lowest BCUT2D eigenvalue weighted by atomic mass is 9.84. The first-order valence-corrected chi connectivity index (χ1v) is 13.1. The Morgan fingerprint density at radius 3 is 2.17 bits per heavy atom. The number of carbonyl (C=O) groups excluding carboxylic acids is 2. The molecule has 3 aromatic rings. The molecule has 1 amide bonds. The number of aromatic nitrogens is 1. The summed E-state index contributed by atoms with van der Waals surface area (Å²) in [4.78, 5) is 25.4. The molecule has 1 aromatic heterocycles. The van der Waals surface area contributed by atoms with Crippen LogP contribution in [0.3, 0.4) is 0 Å². The van der Waals surface area contributed by atoms with Crippen LogP contribution in [-0.2, 0) is 16.8 Å². The molecule has 0 unspecified atom stereocenters. The van der Waals surface area contributed by atoms with E-state index in [2.05, 4.69) is 0 Å². The molecule has 0 radical (unpaired) electrons. The standard InChI is InChI=1S/C28H35N3O7S.BrH/c1-28(2,3)18-10-16(11-22(26(18)37-6)38-9-7-8-24(29)33)19(32)14-31-15-23(39-27(31)30)17-12-20(35-4)25(34)21(13-17)36-5;/h10-13,15,30,34H,7-9,14H2,1-6H3,(H2,29,33);1H. The number of phenolic OH excluding ortho intramolecular Hbond substituents is 1. The van der Waals surface area contributed by atoms with Gasteiger partial charge in [0.2, 0.25) is 11.7 Å². The number of halogens is 1. The largest absolute Gasteiger partial charge is 0.502 e. The fraction of sp³-hybridized carbons (Fsp3) is 0.393. The maximum absolute atomic E-state index is 13.5. The molecule has 0 fully saturated rings. The van der Waals surface area contributed by atoms with Crippen LogP contribution in [0.4, 0.5) is 0 Å². The number of phenols is 1. The first kappa shape index (κ1) is 32.7. The Bertz CT molecular complexity index is 1400. The molecular weight excluding hydrogens is 602 g/mol. The molecule has 40 heavy (non-hydrogen) atoms. The second kappa shape index (κ2) is 13.7. The molecule has 0 spiro atoms. The molecular formula is C28H36BrN3O7S. The van der Waals surface area contributed by atoms with E-state index in [9.17, 15) is 14.7 Å². The van der Waals surface area contributed by atoms with E-state index in [1.54, 1.807) is 42.1 Å². The van der Waals surface area contributed by atoms with Gasteiger partial charge in [0.15, 0.2) is 33.6 Å². The van der Waals surface area contributed by atoms with Gasteiger partial charge in [-0.05, 0) is 36.1 Å². The Balaban J connectivity index is 0.00000560. The lowest BCUT2D eigenvalue weighted by Crippen LogP contribution is -2.20. The number of carbonyl (C=O) groups is 2. The molecule has 0 aliphatic heterocycles. The first-order valence-electron chi connectivity index (χ1n) is 12.3. The van der Waals surface area contributed by atoms with Crippen LogP contribution in [0, 0.1) is 5.41 Å². The van der Waals surface area contributed by atoms with E-state index >= 15 is 0 Å². The van der Waals surface area contributed by atoms with Crippen molar-refractivity contribution in [1.82, 2.24) is 4.57 Å². The average Bonchev–Trinajstić information content (AvgIpc) is 3.25. The third kappa shape index (κ3) is 7.57.